The fourth-order valence-corrected chi connectivity index (χ4v) is 3.27. The highest BCUT2D eigenvalue weighted by Crippen LogP contribution is 2.23. The Kier molecular flexibility index (Phi) is 5.74. The van der Waals surface area contributed by atoms with Gasteiger partial charge in [0.2, 0.25) is 5.95 Å². The Balaban J connectivity index is 1.67. The van der Waals surface area contributed by atoms with Gasteiger partial charge >= 0.3 is 0 Å². The maximum atomic E-state index is 4.70. The molecular formula is C20H29N5. The van der Waals surface area contributed by atoms with Crippen molar-refractivity contribution in [3.63, 3.8) is 0 Å². The van der Waals surface area contributed by atoms with E-state index >= 15 is 0 Å². The van der Waals surface area contributed by atoms with Gasteiger partial charge in [-0.1, -0.05) is 6.92 Å². The van der Waals surface area contributed by atoms with Gasteiger partial charge in [-0.15, -0.1) is 0 Å². The van der Waals surface area contributed by atoms with Gasteiger partial charge < -0.3 is 15.1 Å². The molecule has 1 N–H and O–H groups in total. The van der Waals surface area contributed by atoms with Crippen molar-refractivity contribution in [2.45, 2.75) is 33.6 Å². The Labute approximate surface area is 151 Å². The van der Waals surface area contributed by atoms with E-state index in [9.17, 15) is 0 Å². The van der Waals surface area contributed by atoms with Crippen LogP contribution in [0.15, 0.2) is 36.5 Å². The standard InChI is InChI=1S/C20H29N5/c1-4-24(5-2)18-8-6-17(7-9-18)22-19-10-13-21-20(23-19)25-14-11-16(3)12-15-25/h6-10,13,16H,4-5,11-12,14-15H2,1-3H3,(H,21,22,23). The average molecular weight is 339 g/mol. The lowest BCUT2D eigenvalue weighted by atomic mass is 10.00. The first-order valence-corrected chi connectivity index (χ1v) is 9.39. The minimum Gasteiger partial charge on any atom is -0.372 e. The van der Waals surface area contributed by atoms with Crippen LogP contribution in [0.2, 0.25) is 0 Å². The number of rotatable bonds is 6. The number of hydrogen-bond donors (Lipinski definition) is 1. The van der Waals surface area contributed by atoms with E-state index in [0.29, 0.717) is 0 Å². The summed E-state index contributed by atoms with van der Waals surface area (Å²) in [7, 11) is 0. The summed E-state index contributed by atoms with van der Waals surface area (Å²) in [5.74, 6) is 2.48. The lowest BCUT2D eigenvalue weighted by Gasteiger charge is -2.30. The molecule has 0 unspecified atom stereocenters. The lowest BCUT2D eigenvalue weighted by molar-refractivity contribution is 0.434. The Morgan fingerprint density at radius 2 is 1.76 bits per heavy atom. The third-order valence-corrected chi connectivity index (χ3v) is 4.98. The van der Waals surface area contributed by atoms with Crippen LogP contribution in [0.1, 0.15) is 33.6 Å². The van der Waals surface area contributed by atoms with Gasteiger partial charge in [0.15, 0.2) is 0 Å². The molecule has 1 aliphatic rings. The molecule has 0 spiro atoms. The van der Waals surface area contributed by atoms with Gasteiger partial charge in [0.05, 0.1) is 0 Å². The van der Waals surface area contributed by atoms with Gasteiger partial charge in [0.25, 0.3) is 0 Å². The molecule has 0 radical (unpaired) electrons. The average Bonchev–Trinajstić information content (AvgIpc) is 2.65. The zero-order chi connectivity index (χ0) is 17.6. The van der Waals surface area contributed by atoms with Crippen molar-refractivity contribution in [3.05, 3.63) is 36.5 Å². The van der Waals surface area contributed by atoms with E-state index in [1.165, 1.54) is 18.5 Å². The number of aromatic nitrogens is 2. The zero-order valence-corrected chi connectivity index (χ0v) is 15.6. The maximum Gasteiger partial charge on any atom is 0.227 e. The molecule has 25 heavy (non-hydrogen) atoms. The monoisotopic (exact) mass is 339 g/mol. The SMILES string of the molecule is CCN(CC)c1ccc(Nc2ccnc(N3CCC(C)CC3)n2)cc1. The number of piperidine rings is 1. The largest absolute Gasteiger partial charge is 0.372 e. The van der Waals surface area contributed by atoms with E-state index < -0.39 is 0 Å². The van der Waals surface area contributed by atoms with E-state index in [4.69, 9.17) is 4.98 Å². The fraction of sp³-hybridized carbons (Fsp3) is 0.500. The summed E-state index contributed by atoms with van der Waals surface area (Å²) in [6, 6.07) is 10.5. The van der Waals surface area contributed by atoms with Crippen LogP contribution in [0, 0.1) is 5.92 Å². The number of nitrogens with zero attached hydrogens (tertiary/aromatic N) is 4. The second-order valence-electron chi connectivity index (χ2n) is 6.76. The quantitative estimate of drug-likeness (QED) is 0.850. The molecule has 1 aromatic heterocycles. The van der Waals surface area contributed by atoms with Crippen LogP contribution in [0.4, 0.5) is 23.1 Å². The van der Waals surface area contributed by atoms with Gasteiger partial charge in [-0.2, -0.15) is 4.98 Å². The Morgan fingerprint density at radius 3 is 2.40 bits per heavy atom. The summed E-state index contributed by atoms with van der Waals surface area (Å²) in [6.07, 6.45) is 4.27. The molecule has 0 saturated carbocycles. The number of nitrogens with one attached hydrogen (secondary N) is 1. The summed E-state index contributed by atoms with van der Waals surface area (Å²) in [5.41, 5.74) is 2.30. The molecule has 0 atom stereocenters. The van der Waals surface area contributed by atoms with Crippen molar-refractivity contribution < 1.29 is 0 Å². The van der Waals surface area contributed by atoms with Crippen LogP contribution in [0.25, 0.3) is 0 Å². The number of anilines is 4. The van der Waals surface area contributed by atoms with Gasteiger partial charge in [-0.05, 0) is 62.9 Å². The van der Waals surface area contributed by atoms with Crippen LogP contribution in [0.3, 0.4) is 0 Å². The third kappa shape index (κ3) is 4.41. The molecular weight excluding hydrogens is 310 g/mol. The molecule has 3 rings (SSSR count). The molecule has 1 fully saturated rings. The molecule has 5 heteroatoms. The first-order valence-electron chi connectivity index (χ1n) is 9.39. The van der Waals surface area contributed by atoms with E-state index in [0.717, 1.165) is 49.6 Å². The second kappa shape index (κ2) is 8.19. The molecule has 2 aromatic rings. The first-order chi connectivity index (χ1) is 12.2. The van der Waals surface area contributed by atoms with Gasteiger partial charge in [0, 0.05) is 43.8 Å². The number of benzene rings is 1. The summed E-state index contributed by atoms with van der Waals surface area (Å²) in [5, 5.41) is 3.40. The summed E-state index contributed by atoms with van der Waals surface area (Å²) in [4.78, 5) is 13.8. The van der Waals surface area contributed by atoms with E-state index in [2.05, 4.69) is 65.1 Å². The summed E-state index contributed by atoms with van der Waals surface area (Å²) < 4.78 is 0. The molecule has 0 amide bonds. The lowest BCUT2D eigenvalue weighted by Crippen LogP contribution is -2.34. The molecule has 1 aromatic carbocycles. The van der Waals surface area contributed by atoms with E-state index in [1.54, 1.807) is 0 Å². The zero-order valence-electron chi connectivity index (χ0n) is 15.6. The van der Waals surface area contributed by atoms with Crippen LogP contribution >= 0.6 is 0 Å². The topological polar surface area (TPSA) is 44.3 Å². The predicted molar refractivity (Wildman–Crippen MR) is 106 cm³/mol. The molecule has 1 aliphatic heterocycles. The van der Waals surface area contributed by atoms with Gasteiger partial charge in [-0.25, -0.2) is 4.98 Å². The van der Waals surface area contributed by atoms with Crippen molar-refractivity contribution in [3.8, 4) is 0 Å². The summed E-state index contributed by atoms with van der Waals surface area (Å²) >= 11 is 0. The maximum absolute atomic E-state index is 4.70. The second-order valence-corrected chi connectivity index (χ2v) is 6.76. The van der Waals surface area contributed by atoms with Crippen LogP contribution < -0.4 is 15.1 Å². The molecule has 2 heterocycles. The van der Waals surface area contributed by atoms with Crippen LogP contribution in [-0.2, 0) is 0 Å². The Hall–Kier alpha value is -2.30. The highest BCUT2D eigenvalue weighted by atomic mass is 15.3. The van der Waals surface area contributed by atoms with Crippen molar-refractivity contribution in [1.82, 2.24) is 9.97 Å². The van der Waals surface area contributed by atoms with Crippen molar-refractivity contribution in [2.75, 3.05) is 41.3 Å². The Morgan fingerprint density at radius 1 is 1.08 bits per heavy atom. The molecule has 0 aliphatic carbocycles. The predicted octanol–water partition coefficient (Wildman–Crippen LogP) is 4.30. The molecule has 0 bridgehead atoms. The van der Waals surface area contributed by atoms with Gasteiger partial charge in [0.1, 0.15) is 5.82 Å². The molecule has 134 valence electrons. The smallest absolute Gasteiger partial charge is 0.227 e. The highest BCUT2D eigenvalue weighted by molar-refractivity contribution is 5.61. The third-order valence-electron chi connectivity index (χ3n) is 4.98. The van der Waals surface area contributed by atoms with E-state index in [1.807, 2.05) is 12.3 Å². The van der Waals surface area contributed by atoms with Crippen molar-refractivity contribution >= 4 is 23.1 Å². The summed E-state index contributed by atoms with van der Waals surface area (Å²) in [6.45, 7) is 10.8. The van der Waals surface area contributed by atoms with Gasteiger partial charge in [-0.3, -0.25) is 0 Å². The normalized spacial score (nSPS) is 15.2. The number of hydrogen-bond acceptors (Lipinski definition) is 5. The first kappa shape index (κ1) is 17.5. The van der Waals surface area contributed by atoms with Crippen LogP contribution in [-0.4, -0.2) is 36.1 Å². The van der Waals surface area contributed by atoms with Crippen molar-refractivity contribution in [1.29, 1.82) is 0 Å². The molecule has 1 saturated heterocycles. The Bertz CT molecular complexity index is 658. The van der Waals surface area contributed by atoms with E-state index in [-0.39, 0.29) is 0 Å². The minimum atomic E-state index is 0.807. The van der Waals surface area contributed by atoms with Crippen LogP contribution in [0.5, 0.6) is 0 Å². The highest BCUT2D eigenvalue weighted by Gasteiger charge is 2.18. The van der Waals surface area contributed by atoms with Crippen molar-refractivity contribution in [2.24, 2.45) is 5.92 Å². The molecule has 5 nitrogen and oxygen atoms in total. The minimum absolute atomic E-state index is 0.807. The fourth-order valence-electron chi connectivity index (χ4n) is 3.27.